The maximum absolute atomic E-state index is 13.9. The number of methoxy groups -OCH3 is 2. The molecule has 36 heavy (non-hydrogen) atoms. The quantitative estimate of drug-likeness (QED) is 0.271. The zero-order chi connectivity index (χ0) is 25.8. The zero-order valence-electron chi connectivity index (χ0n) is 19.7. The highest BCUT2D eigenvalue weighted by molar-refractivity contribution is 6.06. The highest BCUT2D eigenvalue weighted by Gasteiger charge is 2.18. The molecule has 182 valence electrons. The first kappa shape index (κ1) is 24.4. The Morgan fingerprint density at radius 2 is 1.83 bits per heavy atom. The van der Waals surface area contributed by atoms with Gasteiger partial charge in [0.25, 0.3) is 5.91 Å². The molecule has 4 rings (SSSR count). The van der Waals surface area contributed by atoms with Crippen molar-refractivity contribution in [3.05, 3.63) is 83.2 Å². The zero-order valence-corrected chi connectivity index (χ0v) is 19.7. The molecule has 0 radical (unpaired) electrons. The number of hydrogen-bond donors (Lipinski definition) is 2. The Hall–Kier alpha value is -4.71. The molecule has 0 aliphatic heterocycles. The van der Waals surface area contributed by atoms with Crippen LogP contribution in [0.3, 0.4) is 0 Å². The molecule has 1 atom stereocenters. The fourth-order valence-electron chi connectivity index (χ4n) is 3.93. The molecule has 2 N–H and O–H groups in total. The predicted octanol–water partition coefficient (Wildman–Crippen LogP) is 5.31. The third kappa shape index (κ3) is 4.88. The van der Waals surface area contributed by atoms with E-state index >= 15 is 0 Å². The second kappa shape index (κ2) is 10.3. The van der Waals surface area contributed by atoms with Gasteiger partial charge in [-0.15, -0.1) is 0 Å². The van der Waals surface area contributed by atoms with Gasteiger partial charge in [-0.25, -0.2) is 13.8 Å². The third-order valence-electron chi connectivity index (χ3n) is 5.70. The van der Waals surface area contributed by atoms with Crippen molar-refractivity contribution >= 4 is 23.0 Å². The van der Waals surface area contributed by atoms with Crippen molar-refractivity contribution in [1.29, 1.82) is 5.26 Å². The molecule has 9 heteroatoms. The summed E-state index contributed by atoms with van der Waals surface area (Å²) in [6.07, 6.45) is 4.50. The van der Waals surface area contributed by atoms with Crippen molar-refractivity contribution in [2.45, 2.75) is 13.0 Å². The number of aromatic amines is 1. The van der Waals surface area contributed by atoms with Crippen molar-refractivity contribution in [2.75, 3.05) is 14.2 Å². The molecule has 4 aromatic rings. The molecule has 0 fully saturated rings. The molecular formula is C27H22F2N4O3. The van der Waals surface area contributed by atoms with Crippen LogP contribution in [0.15, 0.2) is 60.4 Å². The van der Waals surface area contributed by atoms with Crippen LogP contribution in [-0.2, 0) is 4.79 Å². The molecule has 0 unspecified atom stereocenters. The van der Waals surface area contributed by atoms with E-state index in [-0.39, 0.29) is 5.57 Å². The summed E-state index contributed by atoms with van der Waals surface area (Å²) in [5, 5.41) is 13.1. The molecule has 2 aromatic heterocycles. The first-order valence-electron chi connectivity index (χ1n) is 10.9. The monoisotopic (exact) mass is 488 g/mol. The highest BCUT2D eigenvalue weighted by atomic mass is 19.1. The van der Waals surface area contributed by atoms with Gasteiger partial charge in [0, 0.05) is 29.4 Å². The number of hydrogen-bond acceptors (Lipinski definition) is 5. The summed E-state index contributed by atoms with van der Waals surface area (Å²) in [6.45, 7) is 1.78. The van der Waals surface area contributed by atoms with Crippen LogP contribution in [-0.4, -0.2) is 30.1 Å². The van der Waals surface area contributed by atoms with Crippen LogP contribution in [0.4, 0.5) is 8.78 Å². The standard InChI is InChI=1S/C27H22F2N4O3/c1-15(16-4-5-23(35-2)24(11-16)36-3)33-27(34)18(13-30)8-19-14-32-26-25(19)22(6-7-31-26)17-9-20(28)12-21(29)10-17/h4-12,14-15H,1-3H3,(H,31,32)(H,33,34)/b18-8+/t15-/m1/s1. The first-order valence-corrected chi connectivity index (χ1v) is 10.9. The van der Waals surface area contributed by atoms with E-state index in [1.54, 1.807) is 37.4 Å². The van der Waals surface area contributed by atoms with Gasteiger partial charge in [-0.3, -0.25) is 4.79 Å². The maximum atomic E-state index is 13.9. The predicted molar refractivity (Wildman–Crippen MR) is 131 cm³/mol. The molecule has 2 heterocycles. The summed E-state index contributed by atoms with van der Waals surface area (Å²) in [4.78, 5) is 20.2. The summed E-state index contributed by atoms with van der Waals surface area (Å²) in [5.41, 5.74) is 2.33. The lowest BCUT2D eigenvalue weighted by Gasteiger charge is -2.16. The lowest BCUT2D eigenvalue weighted by atomic mass is 10.00. The van der Waals surface area contributed by atoms with E-state index in [1.807, 2.05) is 6.07 Å². The number of fused-ring (bicyclic) bond motifs is 1. The Kier molecular flexibility index (Phi) is 6.97. The van der Waals surface area contributed by atoms with Crippen LogP contribution in [0, 0.1) is 23.0 Å². The van der Waals surface area contributed by atoms with E-state index in [1.165, 1.54) is 38.6 Å². The number of nitrogens with one attached hydrogen (secondary N) is 2. The SMILES string of the molecule is COc1ccc([C@@H](C)NC(=O)/C(C#N)=C/c2c[nH]c3nccc(-c4cc(F)cc(F)c4)c23)cc1OC. The minimum atomic E-state index is -0.719. The van der Waals surface area contributed by atoms with Gasteiger partial charge in [0.1, 0.15) is 28.9 Å². The average Bonchev–Trinajstić information content (AvgIpc) is 3.29. The van der Waals surface area contributed by atoms with Crippen LogP contribution in [0.1, 0.15) is 24.1 Å². The van der Waals surface area contributed by atoms with Crippen molar-refractivity contribution in [1.82, 2.24) is 15.3 Å². The highest BCUT2D eigenvalue weighted by Crippen LogP contribution is 2.33. The molecular weight excluding hydrogens is 466 g/mol. The van der Waals surface area contributed by atoms with Crippen LogP contribution in [0.5, 0.6) is 11.5 Å². The summed E-state index contributed by atoms with van der Waals surface area (Å²) in [7, 11) is 3.05. The van der Waals surface area contributed by atoms with Gasteiger partial charge in [0.15, 0.2) is 11.5 Å². The molecule has 1 amide bonds. The van der Waals surface area contributed by atoms with Gasteiger partial charge in [-0.05, 0) is 60.0 Å². The van der Waals surface area contributed by atoms with E-state index in [9.17, 15) is 18.8 Å². The Bertz CT molecular complexity index is 1500. The lowest BCUT2D eigenvalue weighted by Crippen LogP contribution is -2.27. The van der Waals surface area contributed by atoms with E-state index in [0.29, 0.717) is 39.2 Å². The summed E-state index contributed by atoms with van der Waals surface area (Å²) in [5.74, 6) is -0.955. The number of carbonyl (C=O) groups excluding carboxylic acids is 1. The second-order valence-corrected chi connectivity index (χ2v) is 7.96. The van der Waals surface area contributed by atoms with Crippen molar-refractivity contribution < 1.29 is 23.0 Å². The normalized spacial score (nSPS) is 12.2. The van der Waals surface area contributed by atoms with Crippen LogP contribution in [0.2, 0.25) is 0 Å². The van der Waals surface area contributed by atoms with Gasteiger partial charge >= 0.3 is 0 Å². The van der Waals surface area contributed by atoms with E-state index in [4.69, 9.17) is 9.47 Å². The van der Waals surface area contributed by atoms with Gasteiger partial charge in [0.2, 0.25) is 0 Å². The Labute approximate surface area is 206 Å². The third-order valence-corrected chi connectivity index (χ3v) is 5.70. The van der Waals surface area contributed by atoms with E-state index in [0.717, 1.165) is 11.6 Å². The first-order chi connectivity index (χ1) is 17.3. The van der Waals surface area contributed by atoms with Gasteiger partial charge in [0.05, 0.1) is 20.3 Å². The number of nitriles is 1. The molecule has 0 aliphatic carbocycles. The fraction of sp³-hybridized carbons (Fsp3) is 0.148. The number of halogens is 2. The summed E-state index contributed by atoms with van der Waals surface area (Å²) >= 11 is 0. The molecule has 0 bridgehead atoms. The van der Waals surface area contributed by atoms with Crippen molar-refractivity contribution in [3.63, 3.8) is 0 Å². The Balaban J connectivity index is 1.67. The number of H-pyrrole nitrogens is 1. The minimum absolute atomic E-state index is 0.150. The molecule has 2 aromatic carbocycles. The Morgan fingerprint density at radius 3 is 2.50 bits per heavy atom. The number of carbonyl (C=O) groups is 1. The molecule has 0 spiro atoms. The molecule has 0 saturated carbocycles. The lowest BCUT2D eigenvalue weighted by molar-refractivity contribution is -0.117. The van der Waals surface area contributed by atoms with Crippen molar-refractivity contribution in [2.24, 2.45) is 0 Å². The number of benzene rings is 2. The number of nitrogens with zero attached hydrogens (tertiary/aromatic N) is 2. The summed E-state index contributed by atoms with van der Waals surface area (Å²) in [6, 6.07) is 11.6. The number of rotatable bonds is 7. The van der Waals surface area contributed by atoms with Gasteiger partial charge < -0.3 is 19.8 Å². The topological polar surface area (TPSA) is 100 Å². The number of ether oxygens (including phenoxy) is 2. The van der Waals surface area contributed by atoms with E-state index in [2.05, 4.69) is 15.3 Å². The number of aromatic nitrogens is 2. The van der Waals surface area contributed by atoms with Gasteiger partial charge in [-0.2, -0.15) is 5.26 Å². The van der Waals surface area contributed by atoms with Crippen LogP contribution >= 0.6 is 0 Å². The molecule has 0 aliphatic rings. The number of pyridine rings is 1. The molecule has 7 nitrogen and oxygen atoms in total. The van der Waals surface area contributed by atoms with E-state index < -0.39 is 23.6 Å². The fourth-order valence-corrected chi connectivity index (χ4v) is 3.93. The average molecular weight is 488 g/mol. The Morgan fingerprint density at radius 1 is 1.11 bits per heavy atom. The maximum Gasteiger partial charge on any atom is 0.262 e. The summed E-state index contributed by atoms with van der Waals surface area (Å²) < 4.78 is 38.3. The van der Waals surface area contributed by atoms with Crippen molar-refractivity contribution in [3.8, 4) is 28.7 Å². The minimum Gasteiger partial charge on any atom is -0.493 e. The number of amides is 1. The van der Waals surface area contributed by atoms with Gasteiger partial charge in [-0.1, -0.05) is 6.07 Å². The molecule has 0 saturated heterocycles. The largest absolute Gasteiger partial charge is 0.493 e. The van der Waals surface area contributed by atoms with Crippen LogP contribution in [0.25, 0.3) is 28.2 Å². The van der Waals surface area contributed by atoms with Crippen LogP contribution < -0.4 is 14.8 Å². The second-order valence-electron chi connectivity index (χ2n) is 7.96. The smallest absolute Gasteiger partial charge is 0.262 e.